The number of para-hydroxylation sites is 1. The predicted molar refractivity (Wildman–Crippen MR) is 69.0 cm³/mol. The molecule has 2 amide bonds. The topological polar surface area (TPSA) is 53.2 Å². The number of carbonyl (C=O) groups is 1. The number of amides is 2. The number of anilines is 1. The molecule has 1 heterocycles. The molecule has 1 aromatic rings. The van der Waals surface area contributed by atoms with Crippen molar-refractivity contribution in [1.82, 2.24) is 10.6 Å². The van der Waals surface area contributed by atoms with E-state index in [-0.39, 0.29) is 12.1 Å². The van der Waals surface area contributed by atoms with Gasteiger partial charge in [0, 0.05) is 18.3 Å². The Morgan fingerprint density at radius 2 is 2.12 bits per heavy atom. The highest BCUT2D eigenvalue weighted by Crippen LogP contribution is 2.11. The summed E-state index contributed by atoms with van der Waals surface area (Å²) in [5.41, 5.74) is 0.821. The average Bonchev–Trinajstić information content (AvgIpc) is 2.33. The lowest BCUT2D eigenvalue weighted by molar-refractivity contribution is 0.236. The highest BCUT2D eigenvalue weighted by Gasteiger charge is 2.22. The monoisotopic (exact) mass is 233 g/mol. The van der Waals surface area contributed by atoms with E-state index in [0.29, 0.717) is 5.92 Å². The van der Waals surface area contributed by atoms with Gasteiger partial charge in [-0.1, -0.05) is 25.1 Å². The second-order valence-electron chi connectivity index (χ2n) is 4.54. The summed E-state index contributed by atoms with van der Waals surface area (Å²) < 4.78 is 0. The molecular weight excluding hydrogens is 214 g/mol. The van der Waals surface area contributed by atoms with Crippen molar-refractivity contribution in [3.8, 4) is 0 Å². The van der Waals surface area contributed by atoms with Gasteiger partial charge in [-0.25, -0.2) is 4.79 Å². The van der Waals surface area contributed by atoms with Crippen LogP contribution in [-0.4, -0.2) is 25.2 Å². The largest absolute Gasteiger partial charge is 0.334 e. The van der Waals surface area contributed by atoms with Gasteiger partial charge >= 0.3 is 6.03 Å². The molecule has 0 spiro atoms. The Kier molecular flexibility index (Phi) is 3.98. The van der Waals surface area contributed by atoms with Crippen LogP contribution >= 0.6 is 0 Å². The Morgan fingerprint density at radius 1 is 1.35 bits per heavy atom. The lowest BCUT2D eigenvalue weighted by Gasteiger charge is -2.30. The van der Waals surface area contributed by atoms with Crippen LogP contribution in [0.15, 0.2) is 30.3 Å². The van der Waals surface area contributed by atoms with Crippen LogP contribution in [0.5, 0.6) is 0 Å². The van der Waals surface area contributed by atoms with E-state index < -0.39 is 0 Å². The molecule has 1 fully saturated rings. The molecule has 0 radical (unpaired) electrons. The third-order valence-electron chi connectivity index (χ3n) is 3.18. The molecule has 1 aromatic carbocycles. The maximum Gasteiger partial charge on any atom is 0.319 e. The maximum absolute atomic E-state index is 11.8. The molecule has 0 bridgehead atoms. The minimum Gasteiger partial charge on any atom is -0.334 e. The normalized spacial score (nSPS) is 24.1. The first-order chi connectivity index (χ1) is 8.25. The molecule has 0 saturated carbocycles. The van der Waals surface area contributed by atoms with Gasteiger partial charge in [-0.3, -0.25) is 0 Å². The van der Waals surface area contributed by atoms with Gasteiger partial charge < -0.3 is 16.0 Å². The molecule has 0 aromatic heterocycles. The van der Waals surface area contributed by atoms with Crippen molar-refractivity contribution in [3.05, 3.63) is 30.3 Å². The standard InChI is InChI=1S/C13H19N3O/c1-10-7-8-14-9-12(10)16-13(17)15-11-5-3-2-4-6-11/h2-6,10,12,14H,7-9H2,1H3,(H2,15,16,17). The van der Waals surface area contributed by atoms with Crippen LogP contribution in [0.1, 0.15) is 13.3 Å². The lowest BCUT2D eigenvalue weighted by Crippen LogP contribution is -2.51. The second-order valence-corrected chi connectivity index (χ2v) is 4.54. The minimum atomic E-state index is -0.128. The summed E-state index contributed by atoms with van der Waals surface area (Å²) in [5, 5.41) is 9.13. The third kappa shape index (κ3) is 3.46. The summed E-state index contributed by atoms with van der Waals surface area (Å²) in [6.07, 6.45) is 1.11. The van der Waals surface area contributed by atoms with Crippen molar-refractivity contribution >= 4 is 11.7 Å². The van der Waals surface area contributed by atoms with E-state index in [9.17, 15) is 4.79 Å². The average molecular weight is 233 g/mol. The number of hydrogen-bond acceptors (Lipinski definition) is 2. The highest BCUT2D eigenvalue weighted by atomic mass is 16.2. The molecule has 4 heteroatoms. The molecule has 4 nitrogen and oxygen atoms in total. The Hall–Kier alpha value is -1.55. The number of carbonyl (C=O) groups excluding carboxylic acids is 1. The fourth-order valence-electron chi connectivity index (χ4n) is 2.04. The van der Waals surface area contributed by atoms with Crippen molar-refractivity contribution in [1.29, 1.82) is 0 Å². The molecule has 2 rings (SSSR count). The molecule has 0 aliphatic carbocycles. The van der Waals surface area contributed by atoms with E-state index in [0.717, 1.165) is 25.2 Å². The molecule has 92 valence electrons. The Bertz CT molecular complexity index is 366. The summed E-state index contributed by atoms with van der Waals surface area (Å²) in [4.78, 5) is 11.8. The second kappa shape index (κ2) is 5.68. The van der Waals surface area contributed by atoms with Crippen molar-refractivity contribution in [2.75, 3.05) is 18.4 Å². The molecule has 1 aliphatic rings. The van der Waals surface area contributed by atoms with E-state index in [1.54, 1.807) is 0 Å². The van der Waals surface area contributed by atoms with Crippen LogP contribution in [0.2, 0.25) is 0 Å². The summed E-state index contributed by atoms with van der Waals surface area (Å²) >= 11 is 0. The van der Waals surface area contributed by atoms with Gasteiger partial charge in [0.1, 0.15) is 0 Å². The fourth-order valence-corrected chi connectivity index (χ4v) is 2.04. The quantitative estimate of drug-likeness (QED) is 0.729. The number of hydrogen-bond donors (Lipinski definition) is 3. The van der Waals surface area contributed by atoms with Gasteiger partial charge in [-0.2, -0.15) is 0 Å². The van der Waals surface area contributed by atoms with E-state index in [2.05, 4.69) is 22.9 Å². The van der Waals surface area contributed by atoms with Gasteiger partial charge in [-0.15, -0.1) is 0 Å². The molecule has 2 atom stereocenters. The summed E-state index contributed by atoms with van der Waals surface area (Å²) in [6, 6.07) is 9.57. The van der Waals surface area contributed by atoms with Crippen molar-refractivity contribution < 1.29 is 4.79 Å². The van der Waals surface area contributed by atoms with Crippen LogP contribution < -0.4 is 16.0 Å². The third-order valence-corrected chi connectivity index (χ3v) is 3.18. The number of rotatable bonds is 2. The number of piperidine rings is 1. The molecule has 1 aliphatic heterocycles. The first kappa shape index (κ1) is 11.9. The van der Waals surface area contributed by atoms with E-state index in [4.69, 9.17) is 0 Å². The van der Waals surface area contributed by atoms with Crippen LogP contribution in [0.4, 0.5) is 10.5 Å². The first-order valence-corrected chi connectivity index (χ1v) is 6.09. The number of urea groups is 1. The Balaban J connectivity index is 1.84. The number of benzene rings is 1. The van der Waals surface area contributed by atoms with Crippen molar-refractivity contribution in [3.63, 3.8) is 0 Å². The van der Waals surface area contributed by atoms with E-state index in [1.165, 1.54) is 0 Å². The van der Waals surface area contributed by atoms with Crippen LogP contribution in [-0.2, 0) is 0 Å². The smallest absolute Gasteiger partial charge is 0.319 e. The van der Waals surface area contributed by atoms with E-state index >= 15 is 0 Å². The molecular formula is C13H19N3O. The molecule has 1 saturated heterocycles. The molecule has 2 unspecified atom stereocenters. The summed E-state index contributed by atoms with van der Waals surface area (Å²) in [5.74, 6) is 0.526. The highest BCUT2D eigenvalue weighted by molar-refractivity contribution is 5.89. The predicted octanol–water partition coefficient (Wildman–Crippen LogP) is 1.81. The minimum absolute atomic E-state index is 0.128. The van der Waals surface area contributed by atoms with Crippen LogP contribution in [0.3, 0.4) is 0 Å². The maximum atomic E-state index is 11.8. The van der Waals surface area contributed by atoms with E-state index in [1.807, 2.05) is 30.3 Å². The Morgan fingerprint density at radius 3 is 2.82 bits per heavy atom. The zero-order valence-electron chi connectivity index (χ0n) is 10.1. The lowest BCUT2D eigenvalue weighted by atomic mass is 9.95. The molecule has 3 N–H and O–H groups in total. The first-order valence-electron chi connectivity index (χ1n) is 6.09. The van der Waals surface area contributed by atoms with Crippen molar-refractivity contribution in [2.24, 2.45) is 5.92 Å². The zero-order valence-corrected chi connectivity index (χ0v) is 10.1. The number of nitrogens with one attached hydrogen (secondary N) is 3. The van der Waals surface area contributed by atoms with Gasteiger partial charge in [0.15, 0.2) is 0 Å². The van der Waals surface area contributed by atoms with Gasteiger partial charge in [0.05, 0.1) is 0 Å². The summed E-state index contributed by atoms with van der Waals surface area (Å²) in [6.45, 7) is 4.07. The van der Waals surface area contributed by atoms with Crippen LogP contribution in [0.25, 0.3) is 0 Å². The summed E-state index contributed by atoms with van der Waals surface area (Å²) in [7, 11) is 0. The van der Waals surface area contributed by atoms with Gasteiger partial charge in [0.25, 0.3) is 0 Å². The van der Waals surface area contributed by atoms with Crippen LogP contribution in [0, 0.1) is 5.92 Å². The Labute approximate surface area is 102 Å². The van der Waals surface area contributed by atoms with Gasteiger partial charge in [0.2, 0.25) is 0 Å². The molecule has 17 heavy (non-hydrogen) atoms. The SMILES string of the molecule is CC1CCNCC1NC(=O)Nc1ccccc1. The fraction of sp³-hybridized carbons (Fsp3) is 0.462. The van der Waals surface area contributed by atoms with Gasteiger partial charge in [-0.05, 0) is 31.0 Å². The zero-order chi connectivity index (χ0) is 12.1. The van der Waals surface area contributed by atoms with Crippen molar-refractivity contribution in [2.45, 2.75) is 19.4 Å².